The molecule has 0 spiro atoms. The van der Waals surface area contributed by atoms with Gasteiger partial charge in [0.1, 0.15) is 0 Å². The zero-order valence-electron chi connectivity index (χ0n) is 11.2. The van der Waals surface area contributed by atoms with Crippen LogP contribution in [-0.4, -0.2) is 14.1 Å². The van der Waals surface area contributed by atoms with Crippen LogP contribution in [0.3, 0.4) is 0 Å². The quantitative estimate of drug-likeness (QED) is 0.882. The van der Waals surface area contributed by atoms with Gasteiger partial charge < -0.3 is 10.2 Å². The molecule has 3 heteroatoms. The second-order valence-corrected chi connectivity index (χ2v) is 5.66. The van der Waals surface area contributed by atoms with Crippen molar-refractivity contribution in [3.63, 3.8) is 0 Å². The predicted molar refractivity (Wildman–Crippen MR) is 80.3 cm³/mol. The predicted octanol–water partition coefficient (Wildman–Crippen LogP) is 3.66. The van der Waals surface area contributed by atoms with Crippen molar-refractivity contribution in [3.8, 4) is 0 Å². The summed E-state index contributed by atoms with van der Waals surface area (Å²) in [5.41, 5.74) is 2.56. The average molecular weight is 260 g/mol. The van der Waals surface area contributed by atoms with Crippen LogP contribution in [0.1, 0.15) is 23.4 Å². The van der Waals surface area contributed by atoms with Crippen LogP contribution in [0.4, 0.5) is 5.69 Å². The van der Waals surface area contributed by atoms with Crippen LogP contribution in [0.5, 0.6) is 0 Å². The number of hydrogen-bond acceptors (Lipinski definition) is 3. The minimum Gasteiger partial charge on any atom is -0.378 e. The van der Waals surface area contributed by atoms with E-state index in [4.69, 9.17) is 0 Å². The lowest BCUT2D eigenvalue weighted by molar-refractivity contribution is 0.583. The van der Waals surface area contributed by atoms with Gasteiger partial charge in [-0.2, -0.15) is 0 Å². The summed E-state index contributed by atoms with van der Waals surface area (Å²) in [7, 11) is 4.12. The van der Waals surface area contributed by atoms with Gasteiger partial charge in [-0.15, -0.1) is 11.3 Å². The fraction of sp³-hybridized carbons (Fsp3) is 0.333. The summed E-state index contributed by atoms with van der Waals surface area (Å²) in [6.07, 6.45) is 0. The van der Waals surface area contributed by atoms with E-state index >= 15 is 0 Å². The van der Waals surface area contributed by atoms with Crippen molar-refractivity contribution in [2.24, 2.45) is 0 Å². The van der Waals surface area contributed by atoms with Crippen molar-refractivity contribution in [2.75, 3.05) is 19.0 Å². The Labute approximate surface area is 113 Å². The zero-order valence-corrected chi connectivity index (χ0v) is 12.0. The number of hydrogen-bond donors (Lipinski definition) is 1. The average Bonchev–Trinajstić information content (AvgIpc) is 2.90. The highest BCUT2D eigenvalue weighted by molar-refractivity contribution is 7.10. The van der Waals surface area contributed by atoms with Gasteiger partial charge in [0.05, 0.1) is 0 Å². The van der Waals surface area contributed by atoms with Crippen LogP contribution < -0.4 is 10.2 Å². The highest BCUT2D eigenvalue weighted by Crippen LogP contribution is 2.19. The van der Waals surface area contributed by atoms with Gasteiger partial charge in [0.15, 0.2) is 0 Å². The Balaban J connectivity index is 1.90. The first-order chi connectivity index (χ1) is 8.66. The summed E-state index contributed by atoms with van der Waals surface area (Å²) in [6, 6.07) is 13.4. The minimum absolute atomic E-state index is 0.415. The molecule has 2 nitrogen and oxygen atoms in total. The van der Waals surface area contributed by atoms with Gasteiger partial charge in [-0.25, -0.2) is 0 Å². The molecule has 96 valence electrons. The summed E-state index contributed by atoms with van der Waals surface area (Å²) in [5.74, 6) is 0. The molecule has 0 aliphatic carbocycles. The summed E-state index contributed by atoms with van der Waals surface area (Å²) >= 11 is 1.80. The van der Waals surface area contributed by atoms with Crippen molar-refractivity contribution >= 4 is 17.0 Å². The largest absolute Gasteiger partial charge is 0.378 e. The molecule has 0 fully saturated rings. The van der Waals surface area contributed by atoms with Crippen molar-refractivity contribution in [1.82, 2.24) is 5.32 Å². The lowest BCUT2D eigenvalue weighted by atomic mass is 10.2. The fourth-order valence-electron chi connectivity index (χ4n) is 1.82. The van der Waals surface area contributed by atoms with Crippen LogP contribution in [0.2, 0.25) is 0 Å². The van der Waals surface area contributed by atoms with Crippen molar-refractivity contribution < 1.29 is 0 Å². The number of anilines is 1. The first-order valence-electron chi connectivity index (χ1n) is 6.20. The van der Waals surface area contributed by atoms with E-state index in [2.05, 4.69) is 73.0 Å². The van der Waals surface area contributed by atoms with Gasteiger partial charge >= 0.3 is 0 Å². The molecule has 0 saturated carbocycles. The Hall–Kier alpha value is -1.32. The van der Waals surface area contributed by atoms with Crippen molar-refractivity contribution in [3.05, 3.63) is 52.2 Å². The molecular weight excluding hydrogens is 240 g/mol. The Kier molecular flexibility index (Phi) is 4.39. The second kappa shape index (κ2) is 6.03. The third-order valence-corrected chi connectivity index (χ3v) is 4.09. The maximum atomic E-state index is 3.55. The molecule has 1 N–H and O–H groups in total. The molecule has 0 radical (unpaired) electrons. The lowest BCUT2D eigenvalue weighted by Crippen LogP contribution is -2.17. The van der Waals surface area contributed by atoms with E-state index < -0.39 is 0 Å². The van der Waals surface area contributed by atoms with E-state index in [9.17, 15) is 0 Å². The number of thiophene rings is 1. The van der Waals surface area contributed by atoms with Crippen LogP contribution >= 0.6 is 11.3 Å². The highest BCUT2D eigenvalue weighted by Gasteiger charge is 2.05. The first kappa shape index (κ1) is 13.1. The molecular formula is C15H20N2S. The van der Waals surface area contributed by atoms with Crippen LogP contribution in [0, 0.1) is 0 Å². The Morgan fingerprint density at radius 2 is 1.89 bits per heavy atom. The smallest absolute Gasteiger partial charge is 0.0388 e. The van der Waals surface area contributed by atoms with Crippen molar-refractivity contribution in [2.45, 2.75) is 19.5 Å². The van der Waals surface area contributed by atoms with Gasteiger partial charge in [0.25, 0.3) is 0 Å². The van der Waals surface area contributed by atoms with Crippen LogP contribution in [0.15, 0.2) is 41.8 Å². The van der Waals surface area contributed by atoms with E-state index in [0.29, 0.717) is 6.04 Å². The van der Waals surface area contributed by atoms with E-state index in [0.717, 1.165) is 6.54 Å². The molecule has 1 heterocycles. The molecule has 0 amide bonds. The summed E-state index contributed by atoms with van der Waals surface area (Å²) < 4.78 is 0. The van der Waals surface area contributed by atoms with Crippen LogP contribution in [0.25, 0.3) is 0 Å². The van der Waals surface area contributed by atoms with Gasteiger partial charge in [0.2, 0.25) is 0 Å². The Bertz CT molecular complexity index is 460. The number of nitrogens with zero attached hydrogens (tertiary/aromatic N) is 1. The number of rotatable bonds is 5. The van der Waals surface area contributed by atoms with Gasteiger partial charge in [-0.05, 0) is 36.1 Å². The molecule has 2 rings (SSSR count). The maximum Gasteiger partial charge on any atom is 0.0388 e. The second-order valence-electron chi connectivity index (χ2n) is 4.68. The molecule has 1 atom stereocenters. The van der Waals surface area contributed by atoms with Gasteiger partial charge in [-0.1, -0.05) is 18.2 Å². The lowest BCUT2D eigenvalue weighted by Gasteiger charge is -2.14. The summed E-state index contributed by atoms with van der Waals surface area (Å²) in [4.78, 5) is 3.51. The van der Waals surface area contributed by atoms with E-state index in [1.54, 1.807) is 11.3 Å². The van der Waals surface area contributed by atoms with E-state index in [1.807, 2.05) is 0 Å². The Morgan fingerprint density at radius 1 is 1.17 bits per heavy atom. The van der Waals surface area contributed by atoms with Crippen LogP contribution in [-0.2, 0) is 6.54 Å². The topological polar surface area (TPSA) is 15.3 Å². The SMILES string of the molecule is CC(NCc1ccc(N(C)C)cc1)c1cccs1. The maximum absolute atomic E-state index is 3.55. The summed E-state index contributed by atoms with van der Waals surface area (Å²) in [5, 5.41) is 5.67. The van der Waals surface area contributed by atoms with Gasteiger partial charge in [0, 0.05) is 37.2 Å². The third-order valence-electron chi connectivity index (χ3n) is 3.04. The molecule has 0 bridgehead atoms. The molecule has 1 aromatic heterocycles. The monoisotopic (exact) mass is 260 g/mol. The molecule has 2 aromatic rings. The molecule has 0 saturated heterocycles. The summed E-state index contributed by atoms with van der Waals surface area (Å²) in [6.45, 7) is 3.12. The molecule has 1 aromatic carbocycles. The Morgan fingerprint density at radius 3 is 2.44 bits per heavy atom. The normalized spacial score (nSPS) is 12.4. The molecule has 0 aliphatic rings. The standard InChI is InChI=1S/C15H20N2S/c1-12(15-5-4-10-18-15)16-11-13-6-8-14(9-7-13)17(2)3/h4-10,12,16H,11H2,1-3H3. The van der Waals surface area contributed by atoms with Gasteiger partial charge in [-0.3, -0.25) is 0 Å². The highest BCUT2D eigenvalue weighted by atomic mass is 32.1. The minimum atomic E-state index is 0.415. The first-order valence-corrected chi connectivity index (χ1v) is 7.08. The van der Waals surface area contributed by atoms with E-state index in [1.165, 1.54) is 16.1 Å². The number of nitrogens with one attached hydrogen (secondary N) is 1. The van der Waals surface area contributed by atoms with Crippen molar-refractivity contribution in [1.29, 1.82) is 0 Å². The fourth-order valence-corrected chi connectivity index (χ4v) is 2.58. The molecule has 0 aliphatic heterocycles. The zero-order chi connectivity index (χ0) is 13.0. The molecule has 1 unspecified atom stereocenters. The molecule has 18 heavy (non-hydrogen) atoms. The number of benzene rings is 1. The third kappa shape index (κ3) is 3.34. The van der Waals surface area contributed by atoms with E-state index in [-0.39, 0.29) is 0 Å².